The number of nitrogens with zero attached hydrogens (tertiary/aromatic N) is 1. The van der Waals surface area contributed by atoms with E-state index < -0.39 is 5.54 Å². The lowest BCUT2D eigenvalue weighted by atomic mass is 9.92. The van der Waals surface area contributed by atoms with E-state index in [0.29, 0.717) is 5.92 Å². The lowest BCUT2D eigenvalue weighted by Gasteiger charge is -2.26. The Hall–Kier alpha value is -1.65. The molecule has 1 amide bonds. The van der Waals surface area contributed by atoms with Gasteiger partial charge in [-0.15, -0.1) is 0 Å². The number of hydrogen-bond acceptors (Lipinski definition) is 4. The summed E-state index contributed by atoms with van der Waals surface area (Å²) < 4.78 is 5.55. The maximum atomic E-state index is 12.3. The third kappa shape index (κ3) is 2.41. The molecule has 5 heteroatoms. The first-order valence-electron chi connectivity index (χ1n) is 7.00. The second kappa shape index (κ2) is 4.79. The van der Waals surface area contributed by atoms with Crippen LogP contribution in [0.4, 0.5) is 0 Å². The van der Waals surface area contributed by atoms with E-state index in [1.807, 2.05) is 0 Å². The molecule has 1 heterocycles. The molecule has 0 bridgehead atoms. The van der Waals surface area contributed by atoms with E-state index >= 15 is 0 Å². The maximum Gasteiger partial charge on any atom is 0.258 e. The number of hydrogen-bond donors (Lipinski definition) is 2. The molecule has 2 saturated carbocycles. The number of amides is 1. The summed E-state index contributed by atoms with van der Waals surface area (Å²) in [5.41, 5.74) is 6.22. The monoisotopic (exact) mass is 261 g/mol. The first-order valence-corrected chi connectivity index (χ1v) is 7.00. The van der Waals surface area contributed by atoms with Crippen LogP contribution < -0.4 is 5.32 Å². The number of carbonyl (C=O) groups excluding carboxylic acids is 1. The van der Waals surface area contributed by atoms with E-state index in [1.54, 1.807) is 12.2 Å². The molecule has 0 spiro atoms. The van der Waals surface area contributed by atoms with Gasteiger partial charge >= 0.3 is 0 Å². The molecule has 1 unspecified atom stereocenters. The summed E-state index contributed by atoms with van der Waals surface area (Å²) in [6, 6.07) is 0.269. The summed E-state index contributed by atoms with van der Waals surface area (Å²) in [7, 11) is 0. The number of rotatable bonds is 4. The average molecular weight is 261 g/mol. The number of carbonyl (C=O) groups is 1. The van der Waals surface area contributed by atoms with E-state index in [4.69, 9.17) is 10.3 Å². The predicted molar refractivity (Wildman–Crippen MR) is 69.3 cm³/mol. The molecule has 1 aliphatic heterocycles. The molecule has 0 radical (unpaired) electrons. The highest BCUT2D eigenvalue weighted by molar-refractivity contribution is 5.91. The molecule has 3 aliphatic rings. The van der Waals surface area contributed by atoms with Crippen LogP contribution in [0.2, 0.25) is 0 Å². The van der Waals surface area contributed by atoms with Gasteiger partial charge in [0, 0.05) is 12.0 Å². The third-order valence-electron chi connectivity index (χ3n) is 4.11. The lowest BCUT2D eigenvalue weighted by molar-refractivity contribution is -0.123. The third-order valence-corrected chi connectivity index (χ3v) is 4.11. The average Bonchev–Trinajstić information content (AvgIpc) is 3.09. The lowest BCUT2D eigenvalue weighted by Crippen LogP contribution is -2.44. The molecule has 3 rings (SSSR count). The number of allylic oxidation sites excluding steroid dienone is 1. The Bertz CT molecular complexity index is 448. The second-order valence-electron chi connectivity index (χ2n) is 5.63. The largest absolute Gasteiger partial charge is 0.469 e. The van der Waals surface area contributed by atoms with Gasteiger partial charge in [-0.1, -0.05) is 12.8 Å². The molecular formula is C14H19N3O2. The molecular weight excluding hydrogens is 242 g/mol. The first kappa shape index (κ1) is 12.4. The van der Waals surface area contributed by atoms with Crippen LogP contribution in [0.15, 0.2) is 29.3 Å². The standard InChI is InChI=1S/C14H19N3O2/c15-17-14(13(18)16-11-5-6-11)7-8-19-12(9-14)10-3-1-2-4-10/h7-11,15H,1-6H2,(H,16,18). The van der Waals surface area contributed by atoms with Gasteiger partial charge < -0.3 is 10.1 Å². The molecule has 2 fully saturated rings. The fourth-order valence-electron chi connectivity index (χ4n) is 2.73. The van der Waals surface area contributed by atoms with E-state index in [0.717, 1.165) is 31.4 Å². The Morgan fingerprint density at radius 1 is 1.37 bits per heavy atom. The summed E-state index contributed by atoms with van der Waals surface area (Å²) in [6.07, 6.45) is 11.5. The number of ether oxygens (including phenoxy) is 1. The molecule has 0 aromatic carbocycles. The topological polar surface area (TPSA) is 74.5 Å². The molecule has 5 nitrogen and oxygen atoms in total. The summed E-state index contributed by atoms with van der Waals surface area (Å²) in [5, 5.41) is 6.50. The van der Waals surface area contributed by atoms with Crippen molar-refractivity contribution < 1.29 is 9.53 Å². The van der Waals surface area contributed by atoms with Gasteiger partial charge in [0.05, 0.1) is 6.26 Å². The van der Waals surface area contributed by atoms with Crippen molar-refractivity contribution in [1.82, 2.24) is 5.32 Å². The van der Waals surface area contributed by atoms with Gasteiger partial charge in [-0.2, -0.15) is 5.11 Å². The highest BCUT2D eigenvalue weighted by Crippen LogP contribution is 2.36. The zero-order valence-corrected chi connectivity index (χ0v) is 10.9. The van der Waals surface area contributed by atoms with Crippen molar-refractivity contribution in [2.75, 3.05) is 0 Å². The number of nitrogens with one attached hydrogen (secondary N) is 2. The molecule has 2 aliphatic carbocycles. The van der Waals surface area contributed by atoms with Gasteiger partial charge in [0.2, 0.25) is 5.54 Å². The van der Waals surface area contributed by atoms with Crippen molar-refractivity contribution in [3.63, 3.8) is 0 Å². The van der Waals surface area contributed by atoms with E-state index in [2.05, 4.69) is 10.4 Å². The Balaban J connectivity index is 1.81. The van der Waals surface area contributed by atoms with Crippen LogP contribution in [0.1, 0.15) is 38.5 Å². The summed E-state index contributed by atoms with van der Waals surface area (Å²) in [6.45, 7) is 0. The van der Waals surface area contributed by atoms with Gasteiger partial charge in [-0.3, -0.25) is 4.79 Å². The van der Waals surface area contributed by atoms with Crippen molar-refractivity contribution in [2.45, 2.75) is 50.1 Å². The van der Waals surface area contributed by atoms with Crippen LogP contribution in [-0.4, -0.2) is 17.5 Å². The van der Waals surface area contributed by atoms with Gasteiger partial charge in [-0.25, -0.2) is 5.53 Å². The maximum absolute atomic E-state index is 12.3. The minimum atomic E-state index is -1.20. The van der Waals surface area contributed by atoms with E-state index in [1.165, 1.54) is 19.1 Å². The highest BCUT2D eigenvalue weighted by atomic mass is 16.5. The zero-order chi connectivity index (χ0) is 13.3. The summed E-state index contributed by atoms with van der Waals surface area (Å²) in [4.78, 5) is 12.3. The zero-order valence-electron chi connectivity index (χ0n) is 10.9. The quantitative estimate of drug-likeness (QED) is 0.763. The van der Waals surface area contributed by atoms with Gasteiger partial charge in [0.15, 0.2) is 0 Å². The van der Waals surface area contributed by atoms with Crippen molar-refractivity contribution in [3.05, 3.63) is 24.2 Å². The van der Waals surface area contributed by atoms with Crippen LogP contribution in [0.3, 0.4) is 0 Å². The molecule has 0 saturated heterocycles. The Morgan fingerprint density at radius 2 is 2.11 bits per heavy atom. The fourth-order valence-corrected chi connectivity index (χ4v) is 2.73. The van der Waals surface area contributed by atoms with Crippen LogP contribution in [0, 0.1) is 11.4 Å². The van der Waals surface area contributed by atoms with Crippen LogP contribution in [0.25, 0.3) is 0 Å². The molecule has 19 heavy (non-hydrogen) atoms. The Kier molecular flexibility index (Phi) is 3.12. The smallest absolute Gasteiger partial charge is 0.258 e. The van der Waals surface area contributed by atoms with E-state index in [-0.39, 0.29) is 11.9 Å². The van der Waals surface area contributed by atoms with Crippen LogP contribution >= 0.6 is 0 Å². The van der Waals surface area contributed by atoms with Crippen molar-refractivity contribution in [1.29, 1.82) is 5.53 Å². The molecule has 0 aromatic heterocycles. The minimum Gasteiger partial charge on any atom is -0.469 e. The SMILES string of the molecule is N=NC1(C(=O)NC2CC2)C=COC(C2CCCC2)=C1. The van der Waals surface area contributed by atoms with Crippen molar-refractivity contribution in [2.24, 2.45) is 11.0 Å². The molecule has 2 N–H and O–H groups in total. The molecule has 0 aromatic rings. The van der Waals surface area contributed by atoms with Crippen LogP contribution in [-0.2, 0) is 9.53 Å². The Morgan fingerprint density at radius 3 is 2.74 bits per heavy atom. The summed E-state index contributed by atoms with van der Waals surface area (Å²) >= 11 is 0. The second-order valence-corrected chi connectivity index (χ2v) is 5.63. The molecule has 1 atom stereocenters. The van der Waals surface area contributed by atoms with Gasteiger partial charge in [0.25, 0.3) is 5.91 Å². The van der Waals surface area contributed by atoms with E-state index in [9.17, 15) is 4.79 Å². The highest BCUT2D eigenvalue weighted by Gasteiger charge is 2.40. The predicted octanol–water partition coefficient (Wildman–Crippen LogP) is 2.65. The first-order chi connectivity index (χ1) is 9.23. The van der Waals surface area contributed by atoms with Crippen LogP contribution in [0.5, 0.6) is 0 Å². The summed E-state index contributed by atoms with van der Waals surface area (Å²) in [5.74, 6) is 0.974. The Labute approximate surface area is 112 Å². The minimum absolute atomic E-state index is 0.208. The normalized spacial score (nSPS) is 30.6. The van der Waals surface area contributed by atoms with Crippen molar-refractivity contribution in [3.8, 4) is 0 Å². The van der Waals surface area contributed by atoms with Crippen molar-refractivity contribution >= 4 is 5.91 Å². The molecule has 102 valence electrons. The van der Waals surface area contributed by atoms with Gasteiger partial charge in [-0.05, 0) is 37.8 Å². The fraction of sp³-hybridized carbons (Fsp3) is 0.643. The van der Waals surface area contributed by atoms with Gasteiger partial charge in [0.1, 0.15) is 5.76 Å².